The van der Waals surface area contributed by atoms with Crippen LogP contribution in [0.5, 0.6) is 0 Å². The number of ether oxygens (including phenoxy) is 1. The van der Waals surface area contributed by atoms with Gasteiger partial charge in [0.05, 0.1) is 10.2 Å². The molecule has 0 saturated carbocycles. The first-order valence-corrected chi connectivity index (χ1v) is 5.14. The van der Waals surface area contributed by atoms with E-state index in [2.05, 4.69) is 15.9 Å². The smallest absolute Gasteiger partial charge is 0.375 e. The molecular weight excluding hydrogens is 339 g/mol. The number of hydrogen-bond donors (Lipinski definition) is 0. The van der Waals surface area contributed by atoms with Crippen LogP contribution in [0.3, 0.4) is 0 Å². The van der Waals surface area contributed by atoms with E-state index in [1.54, 1.807) is 13.0 Å². The number of carbonyl (C=O) groups excluding carboxylic acids is 1. The summed E-state index contributed by atoms with van der Waals surface area (Å²) in [6.45, 7) is 2.11. The van der Waals surface area contributed by atoms with Crippen LogP contribution in [0.15, 0.2) is 15.2 Å². The number of hydrogen-bond acceptors (Lipinski definition) is 3. The molecule has 0 amide bonds. The first kappa shape index (κ1) is 10.0. The van der Waals surface area contributed by atoms with Gasteiger partial charge in [-0.3, -0.25) is 0 Å². The van der Waals surface area contributed by atoms with Crippen molar-refractivity contribution < 1.29 is 13.9 Å². The fourth-order valence-corrected chi connectivity index (χ4v) is 2.11. The zero-order chi connectivity index (χ0) is 9.14. The molecule has 0 aliphatic heterocycles. The second kappa shape index (κ2) is 4.27. The van der Waals surface area contributed by atoms with Crippen molar-refractivity contribution in [2.24, 2.45) is 0 Å². The van der Waals surface area contributed by atoms with Gasteiger partial charge in [-0.25, -0.2) is 4.79 Å². The summed E-state index contributed by atoms with van der Waals surface area (Å²) in [6, 6.07) is 1.72. The number of esters is 1. The Kier molecular flexibility index (Phi) is 3.57. The van der Waals surface area contributed by atoms with Crippen molar-refractivity contribution in [3.8, 4) is 0 Å². The van der Waals surface area contributed by atoms with Gasteiger partial charge in [-0.15, -0.1) is 0 Å². The lowest BCUT2D eigenvalue weighted by molar-refractivity contribution is 0.0487. The van der Waals surface area contributed by atoms with E-state index in [1.807, 2.05) is 22.6 Å². The van der Waals surface area contributed by atoms with Crippen LogP contribution < -0.4 is 0 Å². The van der Waals surface area contributed by atoms with Gasteiger partial charge in [0.1, 0.15) is 0 Å². The zero-order valence-corrected chi connectivity index (χ0v) is 10.0. The maximum Gasteiger partial charge on any atom is 0.375 e. The van der Waals surface area contributed by atoms with Crippen LogP contribution in [0, 0.1) is 3.57 Å². The molecule has 0 aromatic carbocycles. The second-order valence-electron chi connectivity index (χ2n) is 1.95. The molecule has 0 atom stereocenters. The Balaban J connectivity index is 2.87. The van der Waals surface area contributed by atoms with E-state index in [0.29, 0.717) is 11.3 Å². The summed E-state index contributed by atoms with van der Waals surface area (Å²) in [5.41, 5.74) is 0. The standard InChI is InChI=1S/C7H6BrIO3/c1-2-11-7(10)6-4(9)3-5(8)12-6/h3H,2H2,1H3. The topological polar surface area (TPSA) is 39.4 Å². The summed E-state index contributed by atoms with van der Waals surface area (Å²) in [5, 5.41) is 0. The molecule has 0 N–H and O–H groups in total. The van der Waals surface area contributed by atoms with Crippen LogP contribution in [0.4, 0.5) is 0 Å². The Bertz CT molecular complexity index is 295. The molecule has 3 nitrogen and oxygen atoms in total. The first-order valence-electron chi connectivity index (χ1n) is 3.27. The SMILES string of the molecule is CCOC(=O)c1oc(Br)cc1I. The minimum Gasteiger partial charge on any atom is -0.460 e. The van der Waals surface area contributed by atoms with Gasteiger partial charge in [-0.05, 0) is 45.4 Å². The minimum absolute atomic E-state index is 0.254. The highest BCUT2D eigenvalue weighted by molar-refractivity contribution is 14.1. The summed E-state index contributed by atoms with van der Waals surface area (Å²) >= 11 is 5.13. The molecule has 0 radical (unpaired) electrons. The predicted octanol–water partition coefficient (Wildman–Crippen LogP) is 2.82. The summed E-state index contributed by atoms with van der Waals surface area (Å²) < 4.78 is 11.1. The van der Waals surface area contributed by atoms with Crippen LogP contribution in [0.2, 0.25) is 0 Å². The Labute approximate surface area is 91.7 Å². The summed E-state index contributed by atoms with van der Waals surface area (Å²) in [6.07, 6.45) is 0. The molecule has 0 aliphatic carbocycles. The molecule has 0 unspecified atom stereocenters. The van der Waals surface area contributed by atoms with Gasteiger partial charge in [0.25, 0.3) is 0 Å². The lowest BCUT2D eigenvalue weighted by Gasteiger charge is -1.96. The number of furan rings is 1. The van der Waals surface area contributed by atoms with Crippen LogP contribution in [0.25, 0.3) is 0 Å². The molecule has 0 aliphatic rings. The number of carbonyl (C=O) groups is 1. The third-order valence-corrected chi connectivity index (χ3v) is 2.31. The van der Waals surface area contributed by atoms with E-state index in [-0.39, 0.29) is 5.76 Å². The third kappa shape index (κ3) is 2.22. The lowest BCUT2D eigenvalue weighted by atomic mass is 10.5. The Hall–Kier alpha value is -0.0400. The molecule has 1 rings (SSSR count). The van der Waals surface area contributed by atoms with E-state index in [1.165, 1.54) is 0 Å². The highest BCUT2D eigenvalue weighted by Gasteiger charge is 2.16. The molecule has 0 fully saturated rings. The second-order valence-corrected chi connectivity index (χ2v) is 3.89. The summed E-state index contributed by atoms with van der Waals surface area (Å²) in [5.74, 6) is -0.170. The van der Waals surface area contributed by atoms with Crippen molar-refractivity contribution >= 4 is 44.5 Å². The van der Waals surface area contributed by atoms with E-state index in [0.717, 1.165) is 3.57 Å². The number of rotatable bonds is 2. The van der Waals surface area contributed by atoms with Gasteiger partial charge < -0.3 is 9.15 Å². The van der Waals surface area contributed by atoms with Gasteiger partial charge in [-0.1, -0.05) is 0 Å². The monoisotopic (exact) mass is 344 g/mol. The quantitative estimate of drug-likeness (QED) is 0.611. The highest BCUT2D eigenvalue weighted by Crippen LogP contribution is 2.22. The predicted molar refractivity (Wildman–Crippen MR) is 55.1 cm³/mol. The fraction of sp³-hybridized carbons (Fsp3) is 0.286. The Morgan fingerprint density at radius 2 is 2.50 bits per heavy atom. The first-order chi connectivity index (χ1) is 5.65. The van der Waals surface area contributed by atoms with E-state index in [4.69, 9.17) is 9.15 Å². The van der Waals surface area contributed by atoms with Crippen LogP contribution in [-0.4, -0.2) is 12.6 Å². The average molecular weight is 345 g/mol. The van der Waals surface area contributed by atoms with E-state index in [9.17, 15) is 4.79 Å². The molecule has 1 aromatic rings. The van der Waals surface area contributed by atoms with Crippen molar-refractivity contribution in [2.45, 2.75) is 6.92 Å². The van der Waals surface area contributed by atoms with Crippen molar-refractivity contribution in [1.82, 2.24) is 0 Å². The van der Waals surface area contributed by atoms with Crippen molar-refractivity contribution in [1.29, 1.82) is 0 Å². The fourth-order valence-electron chi connectivity index (χ4n) is 0.677. The normalized spacial score (nSPS) is 9.92. The molecule has 5 heteroatoms. The van der Waals surface area contributed by atoms with Crippen molar-refractivity contribution in [3.63, 3.8) is 0 Å². The van der Waals surface area contributed by atoms with Gasteiger partial charge in [0.15, 0.2) is 4.67 Å². The lowest BCUT2D eigenvalue weighted by Crippen LogP contribution is -2.04. The molecule has 1 aromatic heterocycles. The van der Waals surface area contributed by atoms with Gasteiger partial charge >= 0.3 is 5.97 Å². The largest absolute Gasteiger partial charge is 0.460 e. The van der Waals surface area contributed by atoms with E-state index < -0.39 is 5.97 Å². The van der Waals surface area contributed by atoms with Gasteiger partial charge in [0, 0.05) is 6.07 Å². The maximum atomic E-state index is 11.1. The van der Waals surface area contributed by atoms with Crippen LogP contribution in [-0.2, 0) is 4.74 Å². The third-order valence-electron chi connectivity index (χ3n) is 1.12. The molecule has 1 heterocycles. The summed E-state index contributed by atoms with van der Waals surface area (Å²) in [4.78, 5) is 11.1. The molecule has 0 spiro atoms. The van der Waals surface area contributed by atoms with Crippen molar-refractivity contribution in [3.05, 3.63) is 20.1 Å². The average Bonchev–Trinajstić information content (AvgIpc) is 2.30. The van der Waals surface area contributed by atoms with Crippen LogP contribution in [0.1, 0.15) is 17.5 Å². The molecule has 66 valence electrons. The van der Waals surface area contributed by atoms with E-state index >= 15 is 0 Å². The van der Waals surface area contributed by atoms with Crippen LogP contribution >= 0.6 is 38.5 Å². The zero-order valence-electron chi connectivity index (χ0n) is 6.27. The minimum atomic E-state index is -0.424. The van der Waals surface area contributed by atoms with Gasteiger partial charge in [-0.2, -0.15) is 0 Å². The molecule has 12 heavy (non-hydrogen) atoms. The molecule has 0 saturated heterocycles. The van der Waals surface area contributed by atoms with Crippen molar-refractivity contribution in [2.75, 3.05) is 6.61 Å². The maximum absolute atomic E-state index is 11.1. The Morgan fingerprint density at radius 1 is 1.83 bits per heavy atom. The van der Waals surface area contributed by atoms with Gasteiger partial charge in [0.2, 0.25) is 5.76 Å². The molecule has 0 bridgehead atoms. The highest BCUT2D eigenvalue weighted by atomic mass is 127. The number of halogens is 2. The Morgan fingerprint density at radius 3 is 2.92 bits per heavy atom. The summed E-state index contributed by atoms with van der Waals surface area (Å²) in [7, 11) is 0. The molecular formula is C7H6BrIO3.